The van der Waals surface area contributed by atoms with Crippen molar-refractivity contribution in [2.24, 2.45) is 0 Å². The van der Waals surface area contributed by atoms with Crippen molar-refractivity contribution in [2.75, 3.05) is 26.8 Å². The minimum absolute atomic E-state index is 0.0221. The van der Waals surface area contributed by atoms with E-state index in [2.05, 4.69) is 27.0 Å². The third kappa shape index (κ3) is 4.50. The number of methoxy groups -OCH3 is 1. The Morgan fingerprint density at radius 2 is 2.11 bits per heavy atom. The molecule has 2 heterocycles. The largest absolute Gasteiger partial charge is 0.493 e. The Morgan fingerprint density at radius 3 is 2.81 bits per heavy atom. The van der Waals surface area contributed by atoms with Gasteiger partial charge in [-0.1, -0.05) is 6.07 Å². The smallest absolute Gasteiger partial charge is 0.254 e. The summed E-state index contributed by atoms with van der Waals surface area (Å²) < 4.78 is 11.1. The minimum Gasteiger partial charge on any atom is -0.493 e. The zero-order valence-electron chi connectivity index (χ0n) is 16.7. The average Bonchev–Trinajstić information content (AvgIpc) is 2.66. The third-order valence-corrected chi connectivity index (χ3v) is 5.24. The molecule has 2 aromatic rings. The number of hydrogen-bond acceptors (Lipinski definition) is 5. The predicted molar refractivity (Wildman–Crippen MR) is 106 cm³/mol. The number of ether oxygens (including phenoxy) is 2. The van der Waals surface area contributed by atoms with E-state index >= 15 is 0 Å². The Balaban J connectivity index is 1.73. The summed E-state index contributed by atoms with van der Waals surface area (Å²) in [6.07, 6.45) is 2.14. The Hall–Kier alpha value is -2.34. The summed E-state index contributed by atoms with van der Waals surface area (Å²) in [5.74, 6) is 2.62. The van der Waals surface area contributed by atoms with E-state index in [0.717, 1.165) is 55.5 Å². The van der Waals surface area contributed by atoms with E-state index in [-0.39, 0.29) is 11.5 Å². The lowest BCUT2D eigenvalue weighted by Gasteiger charge is -2.32. The number of nitrogens with zero attached hydrogens (tertiary/aromatic N) is 2. The molecule has 1 N–H and O–H groups in total. The SMILES string of the molecule is CCOc1cc(CN2CCC[C@H](c3nc(C)c(C)c(=O)[nH]3)C2)ccc1OC. The number of nitrogens with one attached hydrogen (secondary N) is 1. The van der Waals surface area contributed by atoms with Gasteiger partial charge in [-0.2, -0.15) is 0 Å². The van der Waals surface area contributed by atoms with E-state index in [1.807, 2.05) is 26.8 Å². The molecule has 6 nitrogen and oxygen atoms in total. The number of aromatic nitrogens is 2. The Labute approximate surface area is 160 Å². The highest BCUT2D eigenvalue weighted by atomic mass is 16.5. The number of aromatic amines is 1. The lowest BCUT2D eigenvalue weighted by Crippen LogP contribution is -2.35. The van der Waals surface area contributed by atoms with Crippen LogP contribution in [-0.2, 0) is 6.54 Å². The van der Waals surface area contributed by atoms with E-state index < -0.39 is 0 Å². The summed E-state index contributed by atoms with van der Waals surface area (Å²) in [6, 6.07) is 6.10. The number of benzene rings is 1. The lowest BCUT2D eigenvalue weighted by atomic mass is 9.96. The molecule has 0 radical (unpaired) electrons. The van der Waals surface area contributed by atoms with Crippen LogP contribution in [-0.4, -0.2) is 41.7 Å². The van der Waals surface area contributed by atoms with Gasteiger partial charge < -0.3 is 14.5 Å². The number of H-pyrrole nitrogens is 1. The van der Waals surface area contributed by atoms with Gasteiger partial charge in [0, 0.05) is 30.3 Å². The molecule has 0 aliphatic carbocycles. The van der Waals surface area contributed by atoms with Gasteiger partial charge in [0.2, 0.25) is 0 Å². The van der Waals surface area contributed by atoms with Crippen LogP contribution in [0.2, 0.25) is 0 Å². The van der Waals surface area contributed by atoms with Gasteiger partial charge in [-0.05, 0) is 57.9 Å². The van der Waals surface area contributed by atoms with Crippen LogP contribution in [0.4, 0.5) is 0 Å². The zero-order valence-corrected chi connectivity index (χ0v) is 16.7. The van der Waals surface area contributed by atoms with Crippen molar-refractivity contribution in [3.05, 3.63) is 51.2 Å². The zero-order chi connectivity index (χ0) is 19.4. The fourth-order valence-electron chi connectivity index (χ4n) is 3.63. The summed E-state index contributed by atoms with van der Waals surface area (Å²) in [5.41, 5.74) is 2.70. The van der Waals surface area contributed by atoms with Crippen molar-refractivity contribution >= 4 is 0 Å². The van der Waals surface area contributed by atoms with Gasteiger partial charge in [-0.25, -0.2) is 4.98 Å². The van der Waals surface area contributed by atoms with Gasteiger partial charge in [0.1, 0.15) is 5.82 Å². The number of hydrogen-bond donors (Lipinski definition) is 1. The second-order valence-electron chi connectivity index (χ2n) is 7.15. The number of piperidine rings is 1. The molecule has 1 fully saturated rings. The highest BCUT2D eigenvalue weighted by Crippen LogP contribution is 2.30. The van der Waals surface area contributed by atoms with Gasteiger partial charge >= 0.3 is 0 Å². The van der Waals surface area contributed by atoms with Crippen LogP contribution < -0.4 is 15.0 Å². The standard InChI is InChI=1S/C21H29N3O3/c1-5-27-19-11-16(8-9-18(19)26-4)12-24-10-6-7-17(13-24)20-22-15(3)14(2)21(25)23-20/h8-9,11,17H,5-7,10,12-13H2,1-4H3,(H,22,23,25)/t17-/m0/s1. The number of likely N-dealkylation sites (tertiary alicyclic amines) is 1. The molecule has 146 valence electrons. The van der Waals surface area contributed by atoms with Crippen molar-refractivity contribution in [3.63, 3.8) is 0 Å². The maximum absolute atomic E-state index is 12.1. The summed E-state index contributed by atoms with van der Waals surface area (Å²) in [6.45, 7) is 9.08. The first-order valence-electron chi connectivity index (χ1n) is 9.61. The van der Waals surface area contributed by atoms with Crippen LogP contribution in [0.3, 0.4) is 0 Å². The summed E-state index contributed by atoms with van der Waals surface area (Å²) in [5, 5.41) is 0. The second kappa shape index (κ2) is 8.57. The van der Waals surface area contributed by atoms with E-state index in [9.17, 15) is 4.79 Å². The first kappa shape index (κ1) is 19.4. The van der Waals surface area contributed by atoms with Gasteiger partial charge in [0.15, 0.2) is 11.5 Å². The third-order valence-electron chi connectivity index (χ3n) is 5.24. The fourth-order valence-corrected chi connectivity index (χ4v) is 3.63. The van der Waals surface area contributed by atoms with Crippen LogP contribution in [0.15, 0.2) is 23.0 Å². The second-order valence-corrected chi connectivity index (χ2v) is 7.15. The normalized spacial score (nSPS) is 17.7. The number of aryl methyl sites for hydroxylation is 1. The van der Waals surface area contributed by atoms with Crippen molar-refractivity contribution in [2.45, 2.75) is 46.1 Å². The predicted octanol–water partition coefficient (Wildman–Crippen LogP) is 3.17. The lowest BCUT2D eigenvalue weighted by molar-refractivity contribution is 0.196. The Morgan fingerprint density at radius 1 is 1.30 bits per heavy atom. The van der Waals surface area contributed by atoms with Crippen LogP contribution in [0, 0.1) is 13.8 Å². The molecule has 27 heavy (non-hydrogen) atoms. The van der Waals surface area contributed by atoms with E-state index in [1.165, 1.54) is 5.56 Å². The van der Waals surface area contributed by atoms with Crippen LogP contribution in [0.25, 0.3) is 0 Å². The molecule has 0 unspecified atom stereocenters. The molecule has 3 rings (SSSR count). The van der Waals surface area contributed by atoms with E-state index in [0.29, 0.717) is 12.2 Å². The molecule has 1 aliphatic heterocycles. The molecule has 1 aliphatic rings. The first-order valence-corrected chi connectivity index (χ1v) is 9.61. The fraction of sp³-hybridized carbons (Fsp3) is 0.524. The quantitative estimate of drug-likeness (QED) is 0.845. The van der Waals surface area contributed by atoms with Crippen LogP contribution >= 0.6 is 0 Å². The van der Waals surface area contributed by atoms with Gasteiger partial charge in [-0.3, -0.25) is 9.69 Å². The summed E-state index contributed by atoms with van der Waals surface area (Å²) in [4.78, 5) is 22.1. The van der Waals surface area contributed by atoms with Crippen LogP contribution in [0.1, 0.15) is 48.3 Å². The molecular weight excluding hydrogens is 342 g/mol. The van der Waals surface area contributed by atoms with Gasteiger partial charge in [0.05, 0.1) is 13.7 Å². The molecule has 0 saturated carbocycles. The Kier molecular flexibility index (Phi) is 6.16. The summed E-state index contributed by atoms with van der Waals surface area (Å²) in [7, 11) is 1.66. The highest BCUT2D eigenvalue weighted by Gasteiger charge is 2.24. The number of rotatable bonds is 6. The molecule has 6 heteroatoms. The van der Waals surface area contributed by atoms with Crippen LogP contribution in [0.5, 0.6) is 11.5 Å². The van der Waals surface area contributed by atoms with Crippen molar-refractivity contribution in [1.82, 2.24) is 14.9 Å². The molecule has 0 spiro atoms. The molecule has 1 aromatic carbocycles. The van der Waals surface area contributed by atoms with E-state index in [1.54, 1.807) is 7.11 Å². The molecule has 0 bridgehead atoms. The topological polar surface area (TPSA) is 67.5 Å². The van der Waals surface area contributed by atoms with Crippen molar-refractivity contribution in [1.29, 1.82) is 0 Å². The minimum atomic E-state index is -0.0221. The maximum atomic E-state index is 12.1. The molecule has 0 amide bonds. The van der Waals surface area contributed by atoms with Crippen molar-refractivity contribution < 1.29 is 9.47 Å². The highest BCUT2D eigenvalue weighted by molar-refractivity contribution is 5.43. The van der Waals surface area contributed by atoms with E-state index in [4.69, 9.17) is 9.47 Å². The molecule has 1 atom stereocenters. The maximum Gasteiger partial charge on any atom is 0.254 e. The molecule has 1 aromatic heterocycles. The average molecular weight is 371 g/mol. The molecular formula is C21H29N3O3. The first-order chi connectivity index (χ1) is 13.0. The molecule has 1 saturated heterocycles. The van der Waals surface area contributed by atoms with Gasteiger partial charge in [-0.15, -0.1) is 0 Å². The Bertz CT molecular complexity index is 847. The van der Waals surface area contributed by atoms with Crippen molar-refractivity contribution in [3.8, 4) is 11.5 Å². The van der Waals surface area contributed by atoms with Gasteiger partial charge in [0.25, 0.3) is 5.56 Å². The summed E-state index contributed by atoms with van der Waals surface area (Å²) >= 11 is 0. The monoisotopic (exact) mass is 371 g/mol.